The minimum absolute atomic E-state index is 0.0886. The number of carbonyl (C=O) groups is 1. The van der Waals surface area contributed by atoms with Gasteiger partial charge < -0.3 is 14.5 Å². The average molecular weight is 354 g/mol. The highest BCUT2D eigenvalue weighted by atomic mass is 19.1. The van der Waals surface area contributed by atoms with E-state index in [2.05, 4.69) is 10.3 Å². The van der Waals surface area contributed by atoms with Crippen LogP contribution in [0.1, 0.15) is 17.9 Å². The fourth-order valence-electron chi connectivity index (χ4n) is 2.47. The number of hydrogen-bond acceptors (Lipinski definition) is 4. The number of oxazole rings is 1. The van der Waals surface area contributed by atoms with Crippen LogP contribution in [0.4, 0.5) is 4.39 Å². The molecular formula is C20H19FN2O3. The molecule has 0 aliphatic heterocycles. The third-order valence-corrected chi connectivity index (χ3v) is 3.87. The molecule has 0 saturated heterocycles. The first-order valence-corrected chi connectivity index (χ1v) is 8.24. The summed E-state index contributed by atoms with van der Waals surface area (Å²) < 4.78 is 23.7. The maximum absolute atomic E-state index is 13.0. The van der Waals surface area contributed by atoms with Gasteiger partial charge in [0, 0.05) is 24.9 Å². The number of benzene rings is 2. The molecule has 6 heteroatoms. The van der Waals surface area contributed by atoms with Crippen LogP contribution in [0.5, 0.6) is 5.75 Å². The minimum atomic E-state index is -0.304. The van der Waals surface area contributed by atoms with Crippen LogP contribution in [0, 0.1) is 5.82 Å². The standard InChI is InChI=1S/C20H19FN2O3/c1-25-17-4-2-3-14(11-17)12-22-19(24)9-10-20-23-13-18(26-20)15-5-7-16(21)8-6-15/h2-8,11,13H,9-10,12H2,1H3,(H,22,24). The number of aryl methyl sites for hydroxylation is 1. The van der Waals surface area contributed by atoms with E-state index in [4.69, 9.17) is 9.15 Å². The molecule has 0 bridgehead atoms. The summed E-state index contributed by atoms with van der Waals surface area (Å²) in [6.07, 6.45) is 2.25. The number of methoxy groups -OCH3 is 1. The van der Waals surface area contributed by atoms with Crippen molar-refractivity contribution >= 4 is 5.91 Å². The van der Waals surface area contributed by atoms with E-state index in [1.54, 1.807) is 25.4 Å². The molecule has 0 aliphatic carbocycles. The van der Waals surface area contributed by atoms with Crippen LogP contribution in [0.3, 0.4) is 0 Å². The molecule has 0 saturated carbocycles. The molecule has 0 aliphatic rings. The molecule has 0 fully saturated rings. The van der Waals surface area contributed by atoms with Crippen molar-refractivity contribution in [1.82, 2.24) is 10.3 Å². The molecule has 5 nitrogen and oxygen atoms in total. The molecule has 0 unspecified atom stereocenters. The van der Waals surface area contributed by atoms with Gasteiger partial charge in [-0.25, -0.2) is 9.37 Å². The smallest absolute Gasteiger partial charge is 0.220 e. The van der Waals surface area contributed by atoms with Gasteiger partial charge in [0.05, 0.1) is 13.3 Å². The Kier molecular flexibility index (Phi) is 5.63. The number of nitrogens with one attached hydrogen (secondary N) is 1. The van der Waals surface area contributed by atoms with Crippen molar-refractivity contribution in [2.75, 3.05) is 7.11 Å². The topological polar surface area (TPSA) is 64.4 Å². The van der Waals surface area contributed by atoms with Gasteiger partial charge in [-0.3, -0.25) is 4.79 Å². The van der Waals surface area contributed by atoms with Crippen LogP contribution < -0.4 is 10.1 Å². The largest absolute Gasteiger partial charge is 0.497 e. The number of hydrogen-bond donors (Lipinski definition) is 1. The lowest BCUT2D eigenvalue weighted by atomic mass is 10.2. The first-order chi connectivity index (χ1) is 12.6. The van der Waals surface area contributed by atoms with Gasteiger partial charge in [-0.15, -0.1) is 0 Å². The molecule has 0 spiro atoms. The monoisotopic (exact) mass is 354 g/mol. The lowest BCUT2D eigenvalue weighted by molar-refractivity contribution is -0.121. The summed E-state index contributed by atoms with van der Waals surface area (Å²) in [5, 5.41) is 2.86. The first-order valence-electron chi connectivity index (χ1n) is 8.24. The number of aromatic nitrogens is 1. The van der Waals surface area contributed by atoms with E-state index in [0.29, 0.717) is 24.6 Å². The highest BCUT2D eigenvalue weighted by molar-refractivity contribution is 5.76. The first kappa shape index (κ1) is 17.7. The Balaban J connectivity index is 1.49. The summed E-state index contributed by atoms with van der Waals surface area (Å²) in [4.78, 5) is 16.2. The summed E-state index contributed by atoms with van der Waals surface area (Å²) in [7, 11) is 1.61. The van der Waals surface area contributed by atoms with Crippen molar-refractivity contribution in [2.45, 2.75) is 19.4 Å². The minimum Gasteiger partial charge on any atom is -0.497 e. The number of rotatable bonds is 7. The number of ether oxygens (including phenoxy) is 1. The third kappa shape index (κ3) is 4.69. The van der Waals surface area contributed by atoms with Crippen LogP contribution in [0.15, 0.2) is 59.1 Å². The Morgan fingerprint density at radius 2 is 2.04 bits per heavy atom. The van der Waals surface area contributed by atoms with Crippen molar-refractivity contribution in [1.29, 1.82) is 0 Å². The lowest BCUT2D eigenvalue weighted by Gasteiger charge is -2.06. The van der Waals surface area contributed by atoms with Crippen molar-refractivity contribution in [2.24, 2.45) is 0 Å². The van der Waals surface area contributed by atoms with Crippen molar-refractivity contribution in [3.8, 4) is 17.1 Å². The van der Waals surface area contributed by atoms with E-state index >= 15 is 0 Å². The second-order valence-corrected chi connectivity index (χ2v) is 5.75. The second kappa shape index (κ2) is 8.29. The fraction of sp³-hybridized carbons (Fsp3) is 0.200. The van der Waals surface area contributed by atoms with Crippen LogP contribution in [0.2, 0.25) is 0 Å². The lowest BCUT2D eigenvalue weighted by Crippen LogP contribution is -2.23. The van der Waals surface area contributed by atoms with Crippen LogP contribution in [0.25, 0.3) is 11.3 Å². The maximum Gasteiger partial charge on any atom is 0.220 e. The molecule has 0 atom stereocenters. The zero-order chi connectivity index (χ0) is 18.4. The number of halogens is 1. The van der Waals surface area contributed by atoms with Gasteiger partial charge in [0.2, 0.25) is 5.91 Å². The molecule has 2 aromatic carbocycles. The highest BCUT2D eigenvalue weighted by Gasteiger charge is 2.09. The molecule has 3 aromatic rings. The summed E-state index contributed by atoms with van der Waals surface area (Å²) in [5.74, 6) is 1.39. The SMILES string of the molecule is COc1cccc(CNC(=O)CCc2ncc(-c3ccc(F)cc3)o2)c1. The number of nitrogens with zero attached hydrogens (tertiary/aromatic N) is 1. The Bertz CT molecular complexity index is 875. The molecule has 1 N–H and O–H groups in total. The Morgan fingerprint density at radius 3 is 2.81 bits per heavy atom. The number of carbonyl (C=O) groups excluding carboxylic acids is 1. The molecule has 1 aromatic heterocycles. The van der Waals surface area contributed by atoms with Crippen LogP contribution >= 0.6 is 0 Å². The van der Waals surface area contributed by atoms with Gasteiger partial charge in [0.1, 0.15) is 11.6 Å². The molecule has 1 amide bonds. The van der Waals surface area contributed by atoms with E-state index in [-0.39, 0.29) is 18.1 Å². The van der Waals surface area contributed by atoms with Crippen molar-refractivity contribution in [3.63, 3.8) is 0 Å². The summed E-state index contributed by atoms with van der Waals surface area (Å²) in [5.41, 5.74) is 1.71. The van der Waals surface area contributed by atoms with E-state index in [0.717, 1.165) is 16.9 Å². The maximum atomic E-state index is 13.0. The molecule has 1 heterocycles. The van der Waals surface area contributed by atoms with Gasteiger partial charge in [0.25, 0.3) is 0 Å². The average Bonchev–Trinajstić information content (AvgIpc) is 3.14. The third-order valence-electron chi connectivity index (χ3n) is 3.87. The molecular weight excluding hydrogens is 335 g/mol. The summed E-state index contributed by atoms with van der Waals surface area (Å²) in [6.45, 7) is 0.433. The Labute approximate surface area is 150 Å². The molecule has 0 radical (unpaired) electrons. The fourth-order valence-corrected chi connectivity index (χ4v) is 2.47. The van der Waals surface area contributed by atoms with Gasteiger partial charge >= 0.3 is 0 Å². The molecule has 134 valence electrons. The normalized spacial score (nSPS) is 10.5. The van der Waals surface area contributed by atoms with E-state index in [1.807, 2.05) is 24.3 Å². The predicted octanol–water partition coefficient (Wildman–Crippen LogP) is 3.74. The van der Waals surface area contributed by atoms with Gasteiger partial charge in [-0.1, -0.05) is 12.1 Å². The molecule has 26 heavy (non-hydrogen) atoms. The Hall–Kier alpha value is -3.15. The van der Waals surface area contributed by atoms with Gasteiger partial charge in [-0.2, -0.15) is 0 Å². The van der Waals surface area contributed by atoms with E-state index < -0.39 is 0 Å². The zero-order valence-corrected chi connectivity index (χ0v) is 14.4. The quantitative estimate of drug-likeness (QED) is 0.702. The molecule has 3 rings (SSSR count). The second-order valence-electron chi connectivity index (χ2n) is 5.75. The zero-order valence-electron chi connectivity index (χ0n) is 14.4. The van der Waals surface area contributed by atoms with Crippen molar-refractivity contribution in [3.05, 3.63) is 72.0 Å². The van der Waals surface area contributed by atoms with Crippen molar-refractivity contribution < 1.29 is 18.3 Å². The summed E-state index contributed by atoms with van der Waals surface area (Å²) >= 11 is 0. The number of amides is 1. The van der Waals surface area contributed by atoms with Crippen LogP contribution in [-0.4, -0.2) is 18.0 Å². The van der Waals surface area contributed by atoms with Gasteiger partial charge in [0.15, 0.2) is 11.7 Å². The Morgan fingerprint density at radius 1 is 1.23 bits per heavy atom. The predicted molar refractivity (Wildman–Crippen MR) is 95.1 cm³/mol. The van der Waals surface area contributed by atoms with Crippen LogP contribution in [-0.2, 0) is 17.8 Å². The van der Waals surface area contributed by atoms with Gasteiger partial charge in [-0.05, 0) is 42.0 Å². The summed E-state index contributed by atoms with van der Waals surface area (Å²) in [6, 6.07) is 13.5. The highest BCUT2D eigenvalue weighted by Crippen LogP contribution is 2.21. The van der Waals surface area contributed by atoms with E-state index in [1.165, 1.54) is 12.1 Å². The van der Waals surface area contributed by atoms with E-state index in [9.17, 15) is 9.18 Å².